The molecule has 124 valence electrons. The summed E-state index contributed by atoms with van der Waals surface area (Å²) < 4.78 is 5.16. The number of hydrogen-bond donors (Lipinski definition) is 3. The Morgan fingerprint density at radius 2 is 2.27 bits per heavy atom. The Kier molecular flexibility index (Phi) is 5.89. The first-order valence-electron chi connectivity index (χ1n) is 8.30. The molecule has 2 atom stereocenters. The van der Waals surface area contributed by atoms with Crippen LogP contribution in [0.5, 0.6) is 0 Å². The highest BCUT2D eigenvalue weighted by molar-refractivity contribution is 5.74. The van der Waals surface area contributed by atoms with Crippen molar-refractivity contribution in [3.05, 3.63) is 24.2 Å². The highest BCUT2D eigenvalue weighted by atomic mass is 16.4. The number of urea groups is 1. The lowest BCUT2D eigenvalue weighted by atomic mass is 9.66. The molecule has 1 aromatic rings. The van der Waals surface area contributed by atoms with E-state index in [-0.39, 0.29) is 12.1 Å². The fourth-order valence-electron chi connectivity index (χ4n) is 3.26. The number of rotatable bonds is 8. The van der Waals surface area contributed by atoms with E-state index in [4.69, 9.17) is 4.42 Å². The number of nitrogens with one attached hydrogen (secondary N) is 2. The zero-order chi connectivity index (χ0) is 16.0. The van der Waals surface area contributed by atoms with Crippen LogP contribution in [0.3, 0.4) is 0 Å². The Morgan fingerprint density at radius 3 is 2.82 bits per heavy atom. The minimum Gasteiger partial charge on any atom is -0.467 e. The molecule has 3 N–H and O–H groups in total. The second kappa shape index (κ2) is 7.68. The molecular weight excluding hydrogens is 280 g/mol. The maximum atomic E-state index is 12.0. The zero-order valence-corrected chi connectivity index (χ0v) is 13.6. The smallest absolute Gasteiger partial charge is 0.315 e. The molecule has 0 radical (unpaired) electrons. The molecule has 0 aliphatic heterocycles. The monoisotopic (exact) mass is 308 g/mol. The third-order valence-corrected chi connectivity index (χ3v) is 4.64. The normalized spacial score (nSPS) is 19.0. The quantitative estimate of drug-likeness (QED) is 0.689. The van der Waals surface area contributed by atoms with Crippen LogP contribution < -0.4 is 10.6 Å². The molecule has 0 aromatic carbocycles. The van der Waals surface area contributed by atoms with Crippen molar-refractivity contribution in [2.45, 2.75) is 64.5 Å². The maximum Gasteiger partial charge on any atom is 0.315 e. The van der Waals surface area contributed by atoms with Gasteiger partial charge in [-0.05, 0) is 43.7 Å². The van der Waals surface area contributed by atoms with Gasteiger partial charge in [-0.2, -0.15) is 0 Å². The minimum atomic E-state index is -0.691. The molecule has 1 aromatic heterocycles. The lowest BCUT2D eigenvalue weighted by molar-refractivity contribution is 0.115. The van der Waals surface area contributed by atoms with Crippen LogP contribution in [0.25, 0.3) is 0 Å². The number of carbonyl (C=O) groups is 1. The van der Waals surface area contributed by atoms with E-state index >= 15 is 0 Å². The molecule has 1 fully saturated rings. The van der Waals surface area contributed by atoms with E-state index in [1.807, 2.05) is 6.92 Å². The minimum absolute atomic E-state index is 0.122. The average molecular weight is 308 g/mol. The summed E-state index contributed by atoms with van der Waals surface area (Å²) in [7, 11) is 0. The van der Waals surface area contributed by atoms with Crippen molar-refractivity contribution < 1.29 is 14.3 Å². The standard InChI is InChI=1S/C17H28N2O3/c1-3-7-17(8-5-9-17)12-18-16(21)19-13(2)11-14(20)15-6-4-10-22-15/h4,6,10,13-14,20H,3,5,7-9,11-12H2,1-2H3,(H2,18,19,21). The third-order valence-electron chi connectivity index (χ3n) is 4.64. The molecule has 5 heteroatoms. The number of aliphatic hydroxyl groups is 1. The molecule has 5 nitrogen and oxygen atoms in total. The largest absolute Gasteiger partial charge is 0.467 e. The number of carbonyl (C=O) groups excluding carboxylic acids is 1. The van der Waals surface area contributed by atoms with Gasteiger partial charge in [-0.25, -0.2) is 4.79 Å². The van der Waals surface area contributed by atoms with Gasteiger partial charge in [-0.15, -0.1) is 0 Å². The summed E-state index contributed by atoms with van der Waals surface area (Å²) >= 11 is 0. The Hall–Kier alpha value is -1.49. The third kappa shape index (κ3) is 4.50. The molecule has 1 saturated carbocycles. The Morgan fingerprint density at radius 1 is 1.50 bits per heavy atom. The molecule has 1 aliphatic rings. The van der Waals surface area contributed by atoms with Gasteiger partial charge in [-0.3, -0.25) is 0 Å². The number of amides is 2. The van der Waals surface area contributed by atoms with Crippen molar-refractivity contribution in [2.24, 2.45) is 5.41 Å². The van der Waals surface area contributed by atoms with Crippen molar-refractivity contribution in [3.63, 3.8) is 0 Å². The summed E-state index contributed by atoms with van der Waals surface area (Å²) in [5.41, 5.74) is 0.322. The van der Waals surface area contributed by atoms with E-state index in [1.54, 1.807) is 12.1 Å². The Bertz CT molecular complexity index is 454. The Balaban J connectivity index is 1.70. The predicted molar refractivity (Wildman–Crippen MR) is 85.5 cm³/mol. The average Bonchev–Trinajstić information content (AvgIpc) is 2.95. The molecule has 22 heavy (non-hydrogen) atoms. The summed E-state index contributed by atoms with van der Waals surface area (Å²) in [5, 5.41) is 15.9. The first-order chi connectivity index (χ1) is 10.5. The number of furan rings is 1. The van der Waals surface area contributed by atoms with Gasteiger partial charge in [0.25, 0.3) is 0 Å². The van der Waals surface area contributed by atoms with Crippen LogP contribution in [0.15, 0.2) is 22.8 Å². The van der Waals surface area contributed by atoms with E-state index in [9.17, 15) is 9.90 Å². The van der Waals surface area contributed by atoms with Crippen molar-refractivity contribution in [3.8, 4) is 0 Å². The summed E-state index contributed by atoms with van der Waals surface area (Å²) in [6.45, 7) is 4.83. The van der Waals surface area contributed by atoms with E-state index < -0.39 is 6.10 Å². The molecular formula is C17H28N2O3. The molecule has 2 rings (SSSR count). The van der Waals surface area contributed by atoms with Crippen LogP contribution in [-0.4, -0.2) is 23.7 Å². The molecule has 0 spiro atoms. The molecule has 1 heterocycles. The fraction of sp³-hybridized carbons (Fsp3) is 0.706. The van der Waals surface area contributed by atoms with Gasteiger partial charge in [-0.1, -0.05) is 19.8 Å². The SMILES string of the molecule is CCCC1(CNC(=O)NC(C)CC(O)c2ccco2)CCC1. The predicted octanol–water partition coefficient (Wildman–Crippen LogP) is 3.36. The summed E-state index contributed by atoms with van der Waals surface area (Å²) in [5.74, 6) is 0.533. The maximum absolute atomic E-state index is 12.0. The fourth-order valence-corrected chi connectivity index (χ4v) is 3.26. The van der Waals surface area contributed by atoms with Crippen LogP contribution in [0, 0.1) is 5.41 Å². The zero-order valence-electron chi connectivity index (χ0n) is 13.6. The van der Waals surface area contributed by atoms with Crippen molar-refractivity contribution >= 4 is 6.03 Å². The van der Waals surface area contributed by atoms with Gasteiger partial charge in [0, 0.05) is 19.0 Å². The van der Waals surface area contributed by atoms with Gasteiger partial charge < -0.3 is 20.2 Å². The van der Waals surface area contributed by atoms with Crippen LogP contribution in [-0.2, 0) is 0 Å². The highest BCUT2D eigenvalue weighted by Gasteiger charge is 2.36. The van der Waals surface area contributed by atoms with Gasteiger partial charge in [0.1, 0.15) is 11.9 Å². The lowest BCUT2D eigenvalue weighted by Gasteiger charge is -2.42. The molecule has 0 bridgehead atoms. The van der Waals surface area contributed by atoms with Crippen molar-refractivity contribution in [1.82, 2.24) is 10.6 Å². The second-order valence-electron chi connectivity index (χ2n) is 6.60. The van der Waals surface area contributed by atoms with Crippen molar-refractivity contribution in [1.29, 1.82) is 0 Å². The highest BCUT2D eigenvalue weighted by Crippen LogP contribution is 2.44. The topological polar surface area (TPSA) is 74.5 Å². The summed E-state index contributed by atoms with van der Waals surface area (Å²) in [6.07, 6.45) is 7.32. The second-order valence-corrected chi connectivity index (χ2v) is 6.60. The van der Waals surface area contributed by atoms with Crippen LogP contribution in [0.4, 0.5) is 4.79 Å². The lowest BCUT2D eigenvalue weighted by Crippen LogP contribution is -2.47. The van der Waals surface area contributed by atoms with Crippen LogP contribution in [0.2, 0.25) is 0 Å². The van der Waals surface area contributed by atoms with Gasteiger partial charge >= 0.3 is 6.03 Å². The van der Waals surface area contributed by atoms with E-state index in [2.05, 4.69) is 17.6 Å². The number of hydrogen-bond acceptors (Lipinski definition) is 3. The van der Waals surface area contributed by atoms with E-state index in [0.29, 0.717) is 17.6 Å². The molecule has 2 unspecified atom stereocenters. The van der Waals surface area contributed by atoms with Gasteiger partial charge in [0.05, 0.1) is 6.26 Å². The van der Waals surface area contributed by atoms with Crippen LogP contribution in [0.1, 0.15) is 64.2 Å². The van der Waals surface area contributed by atoms with Gasteiger partial charge in [0.15, 0.2) is 0 Å². The first-order valence-corrected chi connectivity index (χ1v) is 8.30. The van der Waals surface area contributed by atoms with Crippen molar-refractivity contribution in [2.75, 3.05) is 6.54 Å². The molecule has 0 saturated heterocycles. The summed E-state index contributed by atoms with van der Waals surface area (Å²) in [4.78, 5) is 12.0. The van der Waals surface area contributed by atoms with Gasteiger partial charge in [0.2, 0.25) is 0 Å². The van der Waals surface area contributed by atoms with Crippen LogP contribution >= 0.6 is 0 Å². The summed E-state index contributed by atoms with van der Waals surface area (Å²) in [6, 6.07) is 3.21. The van der Waals surface area contributed by atoms with E-state index in [1.165, 1.54) is 31.9 Å². The molecule has 1 aliphatic carbocycles. The number of aliphatic hydroxyl groups excluding tert-OH is 1. The van der Waals surface area contributed by atoms with E-state index in [0.717, 1.165) is 13.0 Å². The Labute approximate surface area is 132 Å². The first kappa shape index (κ1) is 16.9. The molecule has 2 amide bonds.